The third kappa shape index (κ3) is 6.78. The Morgan fingerprint density at radius 3 is 2.41 bits per heavy atom. The largest absolute Gasteiger partial charge is 0.497 e. The van der Waals surface area contributed by atoms with Crippen molar-refractivity contribution >= 4 is 15.7 Å². The van der Waals surface area contributed by atoms with Crippen LogP contribution in [0.2, 0.25) is 0 Å². The SMILES string of the molecule is COc1ccc(S(=O)(=O)N(Cc2ccccc2OCCCN2CCCCC2)c2cc(F)ccc2F)cc1. The van der Waals surface area contributed by atoms with Crippen molar-refractivity contribution < 1.29 is 26.7 Å². The molecule has 1 aliphatic rings. The van der Waals surface area contributed by atoms with E-state index in [-0.39, 0.29) is 17.1 Å². The number of piperidine rings is 1. The van der Waals surface area contributed by atoms with Crippen molar-refractivity contribution in [1.82, 2.24) is 4.90 Å². The van der Waals surface area contributed by atoms with Crippen molar-refractivity contribution in [3.63, 3.8) is 0 Å². The molecule has 0 radical (unpaired) electrons. The molecule has 3 aromatic rings. The van der Waals surface area contributed by atoms with E-state index in [9.17, 15) is 17.2 Å². The second-order valence-electron chi connectivity index (χ2n) is 8.99. The van der Waals surface area contributed by atoms with Crippen LogP contribution >= 0.6 is 0 Å². The number of halogens is 2. The molecule has 0 bridgehead atoms. The molecule has 0 atom stereocenters. The van der Waals surface area contributed by atoms with Crippen molar-refractivity contribution in [1.29, 1.82) is 0 Å². The molecule has 1 heterocycles. The summed E-state index contributed by atoms with van der Waals surface area (Å²) in [7, 11) is -2.79. The molecular formula is C28H32F2N2O4S. The molecule has 0 spiro atoms. The van der Waals surface area contributed by atoms with Crippen LogP contribution in [0.5, 0.6) is 11.5 Å². The zero-order valence-corrected chi connectivity index (χ0v) is 21.7. The molecule has 3 aromatic carbocycles. The highest BCUT2D eigenvalue weighted by molar-refractivity contribution is 7.92. The van der Waals surface area contributed by atoms with Crippen LogP contribution in [0.25, 0.3) is 0 Å². The number of hydrogen-bond acceptors (Lipinski definition) is 5. The van der Waals surface area contributed by atoms with Gasteiger partial charge in [0.2, 0.25) is 0 Å². The summed E-state index contributed by atoms with van der Waals surface area (Å²) >= 11 is 0. The summed E-state index contributed by atoms with van der Waals surface area (Å²) in [5.41, 5.74) is 0.164. The summed E-state index contributed by atoms with van der Waals surface area (Å²) in [6, 6.07) is 15.6. The second-order valence-corrected chi connectivity index (χ2v) is 10.9. The molecule has 6 nitrogen and oxygen atoms in total. The number of hydrogen-bond donors (Lipinski definition) is 0. The average Bonchev–Trinajstić information content (AvgIpc) is 2.92. The zero-order chi connectivity index (χ0) is 26.3. The molecule has 37 heavy (non-hydrogen) atoms. The Morgan fingerprint density at radius 2 is 1.68 bits per heavy atom. The van der Waals surface area contributed by atoms with Gasteiger partial charge in [0.1, 0.15) is 23.1 Å². The maximum Gasteiger partial charge on any atom is 0.264 e. The van der Waals surface area contributed by atoms with Gasteiger partial charge in [-0.3, -0.25) is 4.31 Å². The van der Waals surface area contributed by atoms with Gasteiger partial charge in [0.25, 0.3) is 10.0 Å². The molecule has 4 rings (SSSR count). The van der Waals surface area contributed by atoms with Crippen LogP contribution in [0.3, 0.4) is 0 Å². The molecule has 0 amide bonds. The predicted octanol–water partition coefficient (Wildman–Crippen LogP) is 5.62. The number of nitrogens with zero attached hydrogens (tertiary/aromatic N) is 2. The minimum absolute atomic E-state index is 0.0723. The second kappa shape index (κ2) is 12.4. The molecule has 0 aliphatic carbocycles. The highest BCUT2D eigenvalue weighted by Gasteiger charge is 2.29. The summed E-state index contributed by atoms with van der Waals surface area (Å²) in [6.07, 6.45) is 4.56. The van der Waals surface area contributed by atoms with Gasteiger partial charge in [-0.05, 0) is 74.8 Å². The zero-order valence-electron chi connectivity index (χ0n) is 20.9. The number of rotatable bonds is 11. The fourth-order valence-electron chi connectivity index (χ4n) is 4.43. The number of sulfonamides is 1. The van der Waals surface area contributed by atoms with Crippen LogP contribution in [-0.4, -0.2) is 46.7 Å². The Hall–Kier alpha value is -3.17. The molecule has 0 saturated carbocycles. The van der Waals surface area contributed by atoms with E-state index < -0.39 is 21.7 Å². The first kappa shape index (κ1) is 26.9. The van der Waals surface area contributed by atoms with Crippen molar-refractivity contribution in [2.75, 3.05) is 37.7 Å². The monoisotopic (exact) mass is 530 g/mol. The maximum absolute atomic E-state index is 14.9. The molecule has 198 valence electrons. The van der Waals surface area contributed by atoms with Gasteiger partial charge in [-0.25, -0.2) is 17.2 Å². The van der Waals surface area contributed by atoms with E-state index in [2.05, 4.69) is 4.90 Å². The minimum atomic E-state index is -4.26. The van der Waals surface area contributed by atoms with E-state index >= 15 is 0 Å². The lowest BCUT2D eigenvalue weighted by atomic mass is 10.1. The highest BCUT2D eigenvalue weighted by atomic mass is 32.2. The van der Waals surface area contributed by atoms with Gasteiger partial charge in [0.05, 0.1) is 30.8 Å². The molecule has 0 unspecified atom stereocenters. The van der Waals surface area contributed by atoms with Gasteiger partial charge in [0, 0.05) is 18.2 Å². The number of likely N-dealkylation sites (tertiary alicyclic amines) is 1. The summed E-state index contributed by atoms with van der Waals surface area (Å²) in [5.74, 6) is -0.606. The molecule has 1 aliphatic heterocycles. The number of ether oxygens (including phenoxy) is 2. The smallest absolute Gasteiger partial charge is 0.264 e. The lowest BCUT2D eigenvalue weighted by Gasteiger charge is -2.27. The third-order valence-corrected chi connectivity index (χ3v) is 8.21. The molecule has 1 saturated heterocycles. The fourth-order valence-corrected chi connectivity index (χ4v) is 5.88. The van der Waals surface area contributed by atoms with Crippen LogP contribution in [-0.2, 0) is 16.6 Å². The lowest BCUT2D eigenvalue weighted by molar-refractivity contribution is 0.204. The summed E-state index contributed by atoms with van der Waals surface area (Å²) in [4.78, 5) is 2.35. The van der Waals surface area contributed by atoms with Gasteiger partial charge in [-0.2, -0.15) is 0 Å². The van der Waals surface area contributed by atoms with E-state index in [0.29, 0.717) is 23.7 Å². The topological polar surface area (TPSA) is 59.1 Å². The Morgan fingerprint density at radius 1 is 0.946 bits per heavy atom. The van der Waals surface area contributed by atoms with Gasteiger partial charge in [0.15, 0.2) is 0 Å². The molecule has 0 aromatic heterocycles. The van der Waals surface area contributed by atoms with Gasteiger partial charge < -0.3 is 14.4 Å². The van der Waals surface area contributed by atoms with E-state index in [1.165, 1.54) is 50.6 Å². The number of para-hydroxylation sites is 1. The molecule has 9 heteroatoms. The van der Waals surface area contributed by atoms with Crippen LogP contribution in [0, 0.1) is 11.6 Å². The Labute approximate surface area is 217 Å². The normalized spacial score (nSPS) is 14.4. The number of methoxy groups -OCH3 is 1. The quantitative estimate of drug-likeness (QED) is 0.301. The van der Waals surface area contributed by atoms with Crippen molar-refractivity contribution in [3.8, 4) is 11.5 Å². The van der Waals surface area contributed by atoms with Crippen molar-refractivity contribution in [2.24, 2.45) is 0 Å². The molecular weight excluding hydrogens is 498 g/mol. The molecule has 1 fully saturated rings. The van der Waals surface area contributed by atoms with Crippen molar-refractivity contribution in [3.05, 3.63) is 83.9 Å². The highest BCUT2D eigenvalue weighted by Crippen LogP contribution is 2.32. The minimum Gasteiger partial charge on any atom is -0.497 e. The lowest BCUT2D eigenvalue weighted by Crippen LogP contribution is -2.32. The van der Waals surface area contributed by atoms with Crippen molar-refractivity contribution in [2.45, 2.75) is 37.1 Å². The Bertz CT molecular complexity index is 1280. The van der Waals surface area contributed by atoms with Gasteiger partial charge in [-0.15, -0.1) is 0 Å². The average molecular weight is 531 g/mol. The third-order valence-electron chi connectivity index (χ3n) is 6.44. The first-order valence-electron chi connectivity index (χ1n) is 12.4. The van der Waals surface area contributed by atoms with Gasteiger partial charge >= 0.3 is 0 Å². The van der Waals surface area contributed by atoms with E-state index in [4.69, 9.17) is 9.47 Å². The van der Waals surface area contributed by atoms with Crippen LogP contribution in [0.1, 0.15) is 31.2 Å². The first-order chi connectivity index (χ1) is 17.9. The van der Waals surface area contributed by atoms with E-state index in [1.807, 2.05) is 0 Å². The summed E-state index contributed by atoms with van der Waals surface area (Å²) < 4.78 is 68.5. The first-order valence-corrected chi connectivity index (χ1v) is 13.9. The fraction of sp³-hybridized carbons (Fsp3) is 0.357. The van der Waals surface area contributed by atoms with Crippen LogP contribution in [0.15, 0.2) is 71.6 Å². The van der Waals surface area contributed by atoms with E-state index in [0.717, 1.165) is 48.6 Å². The maximum atomic E-state index is 14.9. The van der Waals surface area contributed by atoms with Crippen LogP contribution < -0.4 is 13.8 Å². The Balaban J connectivity index is 1.59. The molecule has 0 N–H and O–H groups in total. The standard InChI is InChI=1S/C28H32F2N2O4S/c1-35-24-11-13-25(14-12-24)37(33,34)32(27-20-23(29)10-15-26(27)30)21-22-8-3-4-9-28(22)36-19-7-18-31-16-5-2-6-17-31/h3-4,8-15,20H,2,5-7,16-19,21H2,1H3. The summed E-state index contributed by atoms with van der Waals surface area (Å²) in [6.45, 7) is 3.38. The van der Waals surface area contributed by atoms with E-state index in [1.54, 1.807) is 24.3 Å². The predicted molar refractivity (Wildman–Crippen MR) is 140 cm³/mol. The number of benzene rings is 3. The Kier molecular flexibility index (Phi) is 9.00. The van der Waals surface area contributed by atoms with Gasteiger partial charge in [-0.1, -0.05) is 24.6 Å². The number of anilines is 1. The summed E-state index contributed by atoms with van der Waals surface area (Å²) in [5, 5.41) is 0. The van der Waals surface area contributed by atoms with Crippen LogP contribution in [0.4, 0.5) is 14.5 Å².